The lowest BCUT2D eigenvalue weighted by molar-refractivity contribution is -0.139. The number of nitrogens with one attached hydrogen (secondary N) is 3. The molecule has 1 atom stereocenters. The van der Waals surface area contributed by atoms with Crippen molar-refractivity contribution in [3.8, 4) is 0 Å². The molecule has 0 spiro atoms. The predicted molar refractivity (Wildman–Crippen MR) is 161 cm³/mol. The zero-order chi connectivity index (χ0) is 29.5. The van der Waals surface area contributed by atoms with Crippen LogP contribution in [0.5, 0.6) is 0 Å². The number of aliphatic carboxylic acids is 1. The lowest BCUT2D eigenvalue weighted by Crippen LogP contribution is -2.45. The number of carbonyl (C=O) groups is 2. The van der Waals surface area contributed by atoms with E-state index in [-0.39, 0.29) is 13.2 Å². The molecule has 11 heteroatoms. The van der Waals surface area contributed by atoms with Gasteiger partial charge < -0.3 is 30.7 Å². The lowest BCUT2D eigenvalue weighted by atomic mass is 9.92. The molecule has 1 amide bonds. The Morgan fingerprint density at radius 3 is 2.64 bits per heavy atom. The van der Waals surface area contributed by atoms with E-state index in [1.165, 1.54) is 5.56 Å². The number of pyridine rings is 1. The summed E-state index contributed by atoms with van der Waals surface area (Å²) in [6, 6.07) is 12.4. The van der Waals surface area contributed by atoms with Gasteiger partial charge in [-0.3, -0.25) is 0 Å². The smallest absolute Gasteiger partial charge is 0.408 e. The molecule has 42 heavy (non-hydrogen) atoms. The molecule has 1 aromatic carbocycles. The highest BCUT2D eigenvalue weighted by Crippen LogP contribution is 2.33. The van der Waals surface area contributed by atoms with E-state index >= 15 is 0 Å². The molecule has 0 unspecified atom stereocenters. The standard InChI is InChI=1S/C31H39N7O4/c1-3-26-36-27(33-18-25(30(39)40)35-31(41)42-19-21-8-5-4-6-9-21)20(2)29(37-26)38-16-13-22(14-17-38)24-12-11-23-10-7-15-32-28(23)34-24/h4-6,8-9,11-12,22,25H,3,7,10,13-19H2,1-2H3,(H,32,34)(H,35,41)(H,39,40)(H,33,36,37)/t25-/m0/s1. The molecule has 2 aliphatic heterocycles. The molecule has 2 aliphatic rings. The van der Waals surface area contributed by atoms with Gasteiger partial charge in [0.1, 0.15) is 35.9 Å². The number of anilines is 3. The van der Waals surface area contributed by atoms with Crippen LogP contribution in [-0.4, -0.2) is 64.3 Å². The van der Waals surface area contributed by atoms with Crippen molar-refractivity contribution in [2.45, 2.75) is 64.5 Å². The van der Waals surface area contributed by atoms with Crippen LogP contribution in [-0.2, 0) is 29.0 Å². The topological polar surface area (TPSA) is 142 Å². The molecule has 0 aliphatic carbocycles. The Morgan fingerprint density at radius 2 is 1.90 bits per heavy atom. The second kappa shape index (κ2) is 13.5. The van der Waals surface area contributed by atoms with Crippen molar-refractivity contribution >= 4 is 29.5 Å². The average Bonchev–Trinajstić information content (AvgIpc) is 3.03. The van der Waals surface area contributed by atoms with Gasteiger partial charge >= 0.3 is 12.1 Å². The molecule has 2 aromatic heterocycles. The van der Waals surface area contributed by atoms with Crippen molar-refractivity contribution in [2.24, 2.45) is 0 Å². The van der Waals surface area contributed by atoms with E-state index in [1.54, 1.807) is 0 Å². The Morgan fingerprint density at radius 1 is 1.12 bits per heavy atom. The van der Waals surface area contributed by atoms with E-state index in [9.17, 15) is 14.7 Å². The maximum absolute atomic E-state index is 12.3. The van der Waals surface area contributed by atoms with Gasteiger partial charge in [0.05, 0.1) is 0 Å². The number of nitrogens with zero attached hydrogens (tertiary/aromatic N) is 4. The summed E-state index contributed by atoms with van der Waals surface area (Å²) >= 11 is 0. The minimum atomic E-state index is -1.20. The van der Waals surface area contributed by atoms with Crippen LogP contribution >= 0.6 is 0 Å². The van der Waals surface area contributed by atoms with E-state index in [1.807, 2.05) is 44.2 Å². The van der Waals surface area contributed by atoms with Crippen molar-refractivity contribution in [1.82, 2.24) is 20.3 Å². The third-order valence-electron chi connectivity index (χ3n) is 7.89. The summed E-state index contributed by atoms with van der Waals surface area (Å²) in [5, 5.41) is 18.8. The van der Waals surface area contributed by atoms with Crippen molar-refractivity contribution in [2.75, 3.05) is 41.7 Å². The Labute approximate surface area is 246 Å². The number of aryl methyl sites for hydroxylation is 2. The largest absolute Gasteiger partial charge is 0.480 e. The van der Waals surface area contributed by atoms with Gasteiger partial charge in [-0.1, -0.05) is 43.3 Å². The van der Waals surface area contributed by atoms with Gasteiger partial charge in [-0.05, 0) is 49.8 Å². The van der Waals surface area contributed by atoms with Gasteiger partial charge in [0.25, 0.3) is 0 Å². The summed E-state index contributed by atoms with van der Waals surface area (Å²) in [4.78, 5) is 40.9. The van der Waals surface area contributed by atoms with Crippen molar-refractivity contribution in [3.05, 3.63) is 70.7 Å². The number of rotatable bonds is 10. The number of ether oxygens (including phenoxy) is 1. The summed E-state index contributed by atoms with van der Waals surface area (Å²) < 4.78 is 5.21. The van der Waals surface area contributed by atoms with Crippen LogP contribution in [0, 0.1) is 6.92 Å². The van der Waals surface area contributed by atoms with Gasteiger partial charge in [-0.25, -0.2) is 24.5 Å². The van der Waals surface area contributed by atoms with E-state index in [2.05, 4.69) is 38.0 Å². The van der Waals surface area contributed by atoms with Crippen LogP contribution in [0.25, 0.3) is 0 Å². The number of aromatic nitrogens is 3. The minimum Gasteiger partial charge on any atom is -0.480 e. The summed E-state index contributed by atoms with van der Waals surface area (Å²) in [5.41, 5.74) is 4.11. The Kier molecular flexibility index (Phi) is 9.35. The maximum atomic E-state index is 12.3. The number of carboxylic acid groups (broad SMARTS) is 1. The lowest BCUT2D eigenvalue weighted by Gasteiger charge is -2.34. The van der Waals surface area contributed by atoms with Crippen molar-refractivity contribution in [3.63, 3.8) is 0 Å². The maximum Gasteiger partial charge on any atom is 0.408 e. The second-order valence-electron chi connectivity index (χ2n) is 10.8. The third kappa shape index (κ3) is 7.07. The zero-order valence-corrected chi connectivity index (χ0v) is 24.2. The van der Waals surface area contributed by atoms with Gasteiger partial charge in [0.2, 0.25) is 0 Å². The molecule has 4 N–H and O–H groups in total. The van der Waals surface area contributed by atoms with Gasteiger partial charge in [-0.2, -0.15) is 0 Å². The summed E-state index contributed by atoms with van der Waals surface area (Å²) in [6.07, 6.45) is 4.01. The zero-order valence-electron chi connectivity index (χ0n) is 24.2. The average molecular weight is 574 g/mol. The molecule has 222 valence electrons. The van der Waals surface area contributed by atoms with Crippen molar-refractivity contribution in [1.29, 1.82) is 0 Å². The Bertz CT molecular complexity index is 1390. The van der Waals surface area contributed by atoms with Gasteiger partial charge in [-0.15, -0.1) is 0 Å². The highest BCUT2D eigenvalue weighted by molar-refractivity contribution is 5.80. The highest BCUT2D eigenvalue weighted by Gasteiger charge is 2.27. The molecule has 5 rings (SSSR count). The van der Waals surface area contributed by atoms with Crippen LogP contribution in [0.4, 0.5) is 22.2 Å². The first-order chi connectivity index (χ1) is 20.4. The minimum absolute atomic E-state index is 0.0524. The molecule has 0 saturated carbocycles. The normalized spacial score (nSPS) is 15.7. The van der Waals surface area contributed by atoms with Crippen LogP contribution in [0.3, 0.4) is 0 Å². The molecular weight excluding hydrogens is 534 g/mol. The van der Waals surface area contributed by atoms with E-state index in [4.69, 9.17) is 14.7 Å². The van der Waals surface area contributed by atoms with Gasteiger partial charge in [0.15, 0.2) is 0 Å². The number of piperidine rings is 1. The van der Waals surface area contributed by atoms with Crippen molar-refractivity contribution < 1.29 is 19.4 Å². The molecule has 4 heterocycles. The first kappa shape index (κ1) is 29.1. The number of hydrogen-bond donors (Lipinski definition) is 4. The van der Waals surface area contributed by atoms with Crippen LogP contribution in [0.15, 0.2) is 42.5 Å². The van der Waals surface area contributed by atoms with E-state index < -0.39 is 18.1 Å². The number of alkyl carbamates (subject to hydrolysis) is 1. The number of fused-ring (bicyclic) bond motifs is 1. The fourth-order valence-electron chi connectivity index (χ4n) is 5.45. The number of carbonyl (C=O) groups excluding carboxylic acids is 1. The first-order valence-corrected chi connectivity index (χ1v) is 14.7. The van der Waals surface area contributed by atoms with Gasteiger partial charge in [0, 0.05) is 49.8 Å². The quantitative estimate of drug-likeness (QED) is 0.278. The SMILES string of the molecule is CCc1nc(NC[C@H](NC(=O)OCc2ccccc2)C(=O)O)c(C)c(N2CCC(c3ccc4c(n3)NCCC4)CC2)n1. The van der Waals surface area contributed by atoms with Crippen LogP contribution < -0.4 is 20.9 Å². The molecule has 1 saturated heterocycles. The Balaban J connectivity index is 1.21. The molecular formula is C31H39N7O4. The van der Waals surface area contributed by atoms with Crippen LogP contribution in [0.2, 0.25) is 0 Å². The number of amides is 1. The fourth-order valence-corrected chi connectivity index (χ4v) is 5.45. The first-order valence-electron chi connectivity index (χ1n) is 14.7. The molecule has 11 nitrogen and oxygen atoms in total. The molecule has 0 bridgehead atoms. The predicted octanol–water partition coefficient (Wildman–Crippen LogP) is 4.28. The highest BCUT2D eigenvalue weighted by atomic mass is 16.5. The van der Waals surface area contributed by atoms with Crippen LogP contribution in [0.1, 0.15) is 60.3 Å². The molecule has 1 fully saturated rings. The monoisotopic (exact) mass is 573 g/mol. The number of benzene rings is 1. The Hall–Kier alpha value is -4.41. The summed E-state index contributed by atoms with van der Waals surface area (Å²) in [5.74, 6) is 2.34. The molecule has 0 radical (unpaired) electrons. The number of hydrogen-bond acceptors (Lipinski definition) is 9. The third-order valence-corrected chi connectivity index (χ3v) is 7.89. The second-order valence-corrected chi connectivity index (χ2v) is 10.8. The van der Waals surface area contributed by atoms with E-state index in [0.29, 0.717) is 24.0 Å². The number of carboxylic acids is 1. The summed E-state index contributed by atoms with van der Waals surface area (Å²) in [6.45, 7) is 6.58. The molecule has 3 aromatic rings. The van der Waals surface area contributed by atoms with E-state index in [0.717, 1.165) is 73.8 Å². The fraction of sp³-hybridized carbons (Fsp3) is 0.452. The summed E-state index contributed by atoms with van der Waals surface area (Å²) in [7, 11) is 0.